The Labute approximate surface area is 182 Å². The minimum absolute atomic E-state index is 0.163. The van der Waals surface area contributed by atoms with E-state index < -0.39 is 0 Å². The van der Waals surface area contributed by atoms with Crippen molar-refractivity contribution in [2.45, 2.75) is 32.7 Å². The van der Waals surface area contributed by atoms with Crippen molar-refractivity contribution in [2.75, 3.05) is 26.7 Å². The molecule has 6 nitrogen and oxygen atoms in total. The van der Waals surface area contributed by atoms with Crippen molar-refractivity contribution in [3.8, 4) is 0 Å². The summed E-state index contributed by atoms with van der Waals surface area (Å²) in [5.74, 6) is 0.163. The summed E-state index contributed by atoms with van der Waals surface area (Å²) in [6, 6.07) is 12.5. The van der Waals surface area contributed by atoms with Crippen LogP contribution in [0, 0.1) is 6.92 Å². The zero-order valence-electron chi connectivity index (χ0n) is 18.2. The van der Waals surface area contributed by atoms with E-state index in [1.165, 1.54) is 22.2 Å². The van der Waals surface area contributed by atoms with Crippen molar-refractivity contribution in [3.05, 3.63) is 65.0 Å². The molecule has 0 aliphatic carbocycles. The molecule has 2 aromatic heterocycles. The number of hydrogen-bond acceptors (Lipinski definition) is 3. The second-order valence-electron chi connectivity index (χ2n) is 8.77. The fraction of sp³-hybridized carbons (Fsp3) is 0.360. The molecule has 1 saturated heterocycles. The van der Waals surface area contributed by atoms with Crippen LogP contribution in [0.4, 0.5) is 0 Å². The minimum Gasteiger partial charge on any atom is -0.358 e. The minimum atomic E-state index is 0.163. The third-order valence-corrected chi connectivity index (χ3v) is 6.46. The van der Waals surface area contributed by atoms with E-state index in [2.05, 4.69) is 64.4 Å². The van der Waals surface area contributed by atoms with E-state index in [1.54, 1.807) is 0 Å². The number of amides is 1. The number of H-pyrrole nitrogens is 2. The first-order chi connectivity index (χ1) is 15.1. The molecule has 4 aromatic rings. The first-order valence-electron chi connectivity index (χ1n) is 11.1. The molecule has 6 heteroatoms. The van der Waals surface area contributed by atoms with E-state index in [4.69, 9.17) is 0 Å². The lowest BCUT2D eigenvalue weighted by Crippen LogP contribution is -2.27. The third kappa shape index (κ3) is 3.95. The highest BCUT2D eigenvalue weighted by atomic mass is 16.2. The maximum atomic E-state index is 12.9. The molecule has 31 heavy (non-hydrogen) atoms. The molecule has 1 aliphatic heterocycles. The van der Waals surface area contributed by atoms with Crippen molar-refractivity contribution in [3.63, 3.8) is 0 Å². The van der Waals surface area contributed by atoms with Crippen LogP contribution in [-0.4, -0.2) is 57.6 Å². The van der Waals surface area contributed by atoms with Crippen LogP contribution in [0.15, 0.2) is 42.6 Å². The van der Waals surface area contributed by atoms with Gasteiger partial charge in [-0.05, 0) is 74.7 Å². The SMILES string of the molecule is Cc1[nH]c2ccc(C(=O)N3CCCC3)cc2c1CCN(C)Cc1ccc2[nH]ncc2c1. The van der Waals surface area contributed by atoms with Gasteiger partial charge in [0.1, 0.15) is 0 Å². The number of likely N-dealkylation sites (tertiary alicyclic amines) is 1. The number of hydrogen-bond donors (Lipinski definition) is 2. The number of aryl methyl sites for hydroxylation is 1. The van der Waals surface area contributed by atoms with Crippen molar-refractivity contribution >= 4 is 27.7 Å². The summed E-state index contributed by atoms with van der Waals surface area (Å²) >= 11 is 0. The number of carbonyl (C=O) groups excluding carboxylic acids is 1. The highest BCUT2D eigenvalue weighted by molar-refractivity contribution is 5.99. The predicted octanol–water partition coefficient (Wildman–Crippen LogP) is 4.26. The summed E-state index contributed by atoms with van der Waals surface area (Å²) in [6.07, 6.45) is 5.04. The second kappa shape index (κ2) is 8.19. The summed E-state index contributed by atoms with van der Waals surface area (Å²) in [5, 5.41) is 9.43. The smallest absolute Gasteiger partial charge is 0.253 e. The van der Waals surface area contributed by atoms with Gasteiger partial charge in [-0.2, -0.15) is 5.10 Å². The number of nitrogens with zero attached hydrogens (tertiary/aromatic N) is 3. The molecule has 1 fully saturated rings. The van der Waals surface area contributed by atoms with Crippen molar-refractivity contribution in [2.24, 2.45) is 0 Å². The lowest BCUT2D eigenvalue weighted by atomic mass is 10.0. The average molecular weight is 416 g/mol. The van der Waals surface area contributed by atoms with Gasteiger partial charge in [0.15, 0.2) is 0 Å². The van der Waals surface area contributed by atoms with Crippen LogP contribution in [0.2, 0.25) is 0 Å². The fourth-order valence-electron chi connectivity index (χ4n) is 4.72. The van der Waals surface area contributed by atoms with Crippen LogP contribution in [0.3, 0.4) is 0 Å². The molecular formula is C25H29N5O. The summed E-state index contributed by atoms with van der Waals surface area (Å²) in [4.78, 5) is 20.7. The molecule has 2 N–H and O–H groups in total. The zero-order chi connectivity index (χ0) is 21.4. The van der Waals surface area contributed by atoms with Gasteiger partial charge in [-0.1, -0.05) is 6.07 Å². The predicted molar refractivity (Wildman–Crippen MR) is 124 cm³/mol. The van der Waals surface area contributed by atoms with E-state index in [1.807, 2.05) is 17.2 Å². The third-order valence-electron chi connectivity index (χ3n) is 6.46. The fourth-order valence-corrected chi connectivity index (χ4v) is 4.72. The lowest BCUT2D eigenvalue weighted by molar-refractivity contribution is 0.0793. The van der Waals surface area contributed by atoms with Gasteiger partial charge in [-0.15, -0.1) is 0 Å². The number of nitrogens with one attached hydrogen (secondary N) is 2. The number of aromatic amines is 2. The van der Waals surface area contributed by atoms with Gasteiger partial charge in [-0.25, -0.2) is 0 Å². The Bertz CT molecular complexity index is 1230. The topological polar surface area (TPSA) is 68.0 Å². The molecule has 0 atom stereocenters. The van der Waals surface area contributed by atoms with E-state index in [0.717, 1.165) is 67.4 Å². The Balaban J connectivity index is 1.31. The summed E-state index contributed by atoms with van der Waals surface area (Å²) in [5.41, 5.74) is 6.76. The molecule has 3 heterocycles. The van der Waals surface area contributed by atoms with Crippen LogP contribution in [0.5, 0.6) is 0 Å². The van der Waals surface area contributed by atoms with Crippen LogP contribution in [-0.2, 0) is 13.0 Å². The number of fused-ring (bicyclic) bond motifs is 2. The molecule has 0 bridgehead atoms. The molecule has 160 valence electrons. The zero-order valence-corrected chi connectivity index (χ0v) is 18.2. The number of likely N-dealkylation sites (N-methyl/N-ethyl adjacent to an activating group) is 1. The van der Waals surface area contributed by atoms with Gasteiger partial charge in [0, 0.05) is 53.7 Å². The van der Waals surface area contributed by atoms with E-state index >= 15 is 0 Å². The van der Waals surface area contributed by atoms with E-state index in [9.17, 15) is 4.79 Å². The molecular weight excluding hydrogens is 386 g/mol. The summed E-state index contributed by atoms with van der Waals surface area (Å²) < 4.78 is 0. The first-order valence-corrected chi connectivity index (χ1v) is 11.1. The Morgan fingerprint density at radius 2 is 1.94 bits per heavy atom. The molecule has 2 aromatic carbocycles. The molecule has 0 radical (unpaired) electrons. The summed E-state index contributed by atoms with van der Waals surface area (Å²) in [6.45, 7) is 5.73. The van der Waals surface area contributed by atoms with Crippen molar-refractivity contribution in [1.82, 2.24) is 25.0 Å². The number of rotatable bonds is 6. The standard InChI is InChI=1S/C25H29N5O/c1-17-21(9-12-29(2)16-18-5-7-23-20(13-18)15-26-28-23)22-14-19(6-8-24(22)27-17)25(31)30-10-3-4-11-30/h5-8,13-15,27H,3-4,9-12,16H2,1-2H3,(H,26,28). The Morgan fingerprint density at radius 3 is 2.77 bits per heavy atom. The normalized spacial score (nSPS) is 14.4. The first kappa shape index (κ1) is 19.8. The molecule has 1 amide bonds. The summed E-state index contributed by atoms with van der Waals surface area (Å²) in [7, 11) is 2.16. The van der Waals surface area contributed by atoms with Crippen molar-refractivity contribution < 1.29 is 4.79 Å². The molecule has 1 aliphatic rings. The molecule has 5 rings (SSSR count). The number of aromatic nitrogens is 3. The molecule has 0 unspecified atom stereocenters. The van der Waals surface area contributed by atoms with Crippen LogP contribution in [0.1, 0.15) is 40.0 Å². The average Bonchev–Trinajstić information content (AvgIpc) is 3.51. The monoisotopic (exact) mass is 415 g/mol. The maximum absolute atomic E-state index is 12.9. The quantitative estimate of drug-likeness (QED) is 0.494. The van der Waals surface area contributed by atoms with Gasteiger partial charge < -0.3 is 14.8 Å². The van der Waals surface area contributed by atoms with Crippen LogP contribution >= 0.6 is 0 Å². The van der Waals surface area contributed by atoms with Crippen LogP contribution < -0.4 is 0 Å². The molecule has 0 spiro atoms. The van der Waals surface area contributed by atoms with Crippen molar-refractivity contribution in [1.29, 1.82) is 0 Å². The van der Waals surface area contributed by atoms with E-state index in [0.29, 0.717) is 0 Å². The highest BCUT2D eigenvalue weighted by Gasteiger charge is 2.20. The number of carbonyl (C=O) groups is 1. The van der Waals surface area contributed by atoms with Gasteiger partial charge >= 0.3 is 0 Å². The van der Waals surface area contributed by atoms with Crippen LogP contribution in [0.25, 0.3) is 21.8 Å². The van der Waals surface area contributed by atoms with Gasteiger partial charge in [0.25, 0.3) is 5.91 Å². The Kier molecular flexibility index (Phi) is 5.24. The largest absolute Gasteiger partial charge is 0.358 e. The molecule has 0 saturated carbocycles. The number of benzene rings is 2. The maximum Gasteiger partial charge on any atom is 0.253 e. The van der Waals surface area contributed by atoms with E-state index in [-0.39, 0.29) is 5.91 Å². The highest BCUT2D eigenvalue weighted by Crippen LogP contribution is 2.25. The Morgan fingerprint density at radius 1 is 1.13 bits per heavy atom. The Hall–Kier alpha value is -3.12. The van der Waals surface area contributed by atoms with Gasteiger partial charge in [0.05, 0.1) is 11.7 Å². The van der Waals surface area contributed by atoms with Gasteiger partial charge in [-0.3, -0.25) is 9.89 Å². The second-order valence-corrected chi connectivity index (χ2v) is 8.77. The lowest BCUT2D eigenvalue weighted by Gasteiger charge is -2.17. The van der Waals surface area contributed by atoms with Gasteiger partial charge in [0.2, 0.25) is 0 Å².